The summed E-state index contributed by atoms with van der Waals surface area (Å²) in [5, 5.41) is 4.18. The van der Waals surface area contributed by atoms with E-state index in [1.165, 1.54) is 0 Å². The largest absolute Gasteiger partial charge is 0.260 e. The van der Waals surface area contributed by atoms with Crippen molar-refractivity contribution in [2.24, 2.45) is 7.05 Å². The predicted molar refractivity (Wildman–Crippen MR) is 56.9 cm³/mol. The summed E-state index contributed by atoms with van der Waals surface area (Å²) in [7, 11) is 1.84. The van der Waals surface area contributed by atoms with Crippen molar-refractivity contribution in [3.05, 3.63) is 30.4 Å². The number of hydrogen-bond donors (Lipinski definition) is 1. The molecule has 0 amide bonds. The second-order valence-corrected chi connectivity index (χ2v) is 3.25. The Labute approximate surface area is 87.4 Å². The maximum absolute atomic E-state index is 4.22. The minimum Gasteiger partial charge on any atom is -0.260 e. The van der Waals surface area contributed by atoms with Gasteiger partial charge in [-0.25, -0.2) is 4.98 Å². The number of pyridine rings is 1. The average molecular weight is 206 g/mol. The molecule has 2 aromatic heterocycles. The minimum atomic E-state index is 0.649. The van der Waals surface area contributed by atoms with E-state index < -0.39 is 0 Å². The molecular weight excluding hydrogens is 196 g/mol. The van der Waals surface area contributed by atoms with E-state index in [-0.39, 0.29) is 0 Å². The predicted octanol–water partition coefficient (Wildman–Crippen LogP) is 1.31. The van der Waals surface area contributed by atoms with Crippen LogP contribution in [0.15, 0.2) is 24.7 Å². The molecule has 0 radical (unpaired) electrons. The molecule has 0 aliphatic rings. The second-order valence-electron chi connectivity index (χ2n) is 2.94. The fraction of sp³-hybridized carbons (Fsp3) is 0.222. The summed E-state index contributed by atoms with van der Waals surface area (Å²) in [6.07, 6.45) is 3.43. The van der Waals surface area contributed by atoms with Crippen molar-refractivity contribution in [2.45, 2.75) is 5.75 Å². The maximum Gasteiger partial charge on any atom is 0.182 e. The summed E-state index contributed by atoms with van der Waals surface area (Å²) in [4.78, 5) is 8.35. The molecule has 0 fully saturated rings. The number of nitrogens with zero attached hydrogens (tertiary/aromatic N) is 4. The fourth-order valence-corrected chi connectivity index (χ4v) is 1.31. The summed E-state index contributed by atoms with van der Waals surface area (Å²) in [5.41, 5.74) is 1.88. The molecule has 0 spiro atoms. The summed E-state index contributed by atoms with van der Waals surface area (Å²) in [6.45, 7) is 0. The van der Waals surface area contributed by atoms with Crippen LogP contribution in [0.3, 0.4) is 0 Å². The van der Waals surface area contributed by atoms with Crippen LogP contribution in [0.5, 0.6) is 0 Å². The third-order valence-corrected chi connectivity index (χ3v) is 2.17. The van der Waals surface area contributed by atoms with Gasteiger partial charge in [0, 0.05) is 30.3 Å². The van der Waals surface area contributed by atoms with Gasteiger partial charge in [0.1, 0.15) is 6.33 Å². The Hall–Kier alpha value is -1.36. The van der Waals surface area contributed by atoms with E-state index in [0.29, 0.717) is 11.6 Å². The molecule has 0 bridgehead atoms. The van der Waals surface area contributed by atoms with E-state index >= 15 is 0 Å². The third-order valence-electron chi connectivity index (χ3n) is 1.84. The second kappa shape index (κ2) is 3.79. The van der Waals surface area contributed by atoms with Crippen molar-refractivity contribution in [1.82, 2.24) is 19.7 Å². The maximum atomic E-state index is 4.22. The van der Waals surface area contributed by atoms with Crippen LogP contribution in [0.2, 0.25) is 0 Å². The Morgan fingerprint density at radius 1 is 1.36 bits per heavy atom. The van der Waals surface area contributed by atoms with Crippen LogP contribution in [0, 0.1) is 0 Å². The lowest BCUT2D eigenvalue weighted by molar-refractivity contribution is 0.768. The van der Waals surface area contributed by atoms with Crippen LogP contribution in [0.25, 0.3) is 11.4 Å². The first kappa shape index (κ1) is 9.21. The van der Waals surface area contributed by atoms with Crippen molar-refractivity contribution in [3.63, 3.8) is 0 Å². The van der Waals surface area contributed by atoms with E-state index in [0.717, 1.165) is 11.3 Å². The van der Waals surface area contributed by atoms with Crippen LogP contribution in [-0.4, -0.2) is 19.7 Å². The van der Waals surface area contributed by atoms with Gasteiger partial charge in [-0.3, -0.25) is 9.67 Å². The van der Waals surface area contributed by atoms with E-state index in [4.69, 9.17) is 0 Å². The van der Waals surface area contributed by atoms with Gasteiger partial charge in [0.15, 0.2) is 5.82 Å². The number of rotatable bonds is 2. The Morgan fingerprint density at radius 3 is 2.71 bits per heavy atom. The van der Waals surface area contributed by atoms with Gasteiger partial charge >= 0.3 is 0 Å². The molecule has 4 nitrogen and oxygen atoms in total. The van der Waals surface area contributed by atoms with Crippen LogP contribution in [0.4, 0.5) is 0 Å². The van der Waals surface area contributed by atoms with E-state index in [9.17, 15) is 0 Å². The molecule has 0 aliphatic carbocycles. The topological polar surface area (TPSA) is 43.6 Å². The first-order valence-electron chi connectivity index (χ1n) is 4.21. The molecule has 0 aromatic carbocycles. The summed E-state index contributed by atoms with van der Waals surface area (Å²) in [5.74, 6) is 1.35. The van der Waals surface area contributed by atoms with Crippen molar-refractivity contribution < 1.29 is 0 Å². The monoisotopic (exact) mass is 206 g/mol. The highest BCUT2D eigenvalue weighted by molar-refractivity contribution is 7.79. The van der Waals surface area contributed by atoms with Gasteiger partial charge in [-0.05, 0) is 12.1 Å². The van der Waals surface area contributed by atoms with Crippen molar-refractivity contribution >= 4 is 12.6 Å². The van der Waals surface area contributed by atoms with E-state index in [1.807, 2.05) is 19.2 Å². The molecular formula is C9H10N4S. The molecule has 0 unspecified atom stereocenters. The Bertz CT molecular complexity index is 421. The molecule has 0 aliphatic heterocycles. The summed E-state index contributed by atoms with van der Waals surface area (Å²) < 4.78 is 1.67. The number of aromatic nitrogens is 4. The summed E-state index contributed by atoms with van der Waals surface area (Å²) >= 11 is 4.14. The first-order valence-corrected chi connectivity index (χ1v) is 4.84. The Kier molecular flexibility index (Phi) is 2.49. The molecule has 0 N–H and O–H groups in total. The zero-order valence-electron chi connectivity index (χ0n) is 7.75. The van der Waals surface area contributed by atoms with Crippen LogP contribution in [-0.2, 0) is 12.8 Å². The smallest absolute Gasteiger partial charge is 0.182 e. The average Bonchev–Trinajstić information content (AvgIpc) is 2.65. The van der Waals surface area contributed by atoms with Crippen LogP contribution in [0.1, 0.15) is 5.69 Å². The molecule has 2 heterocycles. The van der Waals surface area contributed by atoms with Crippen LogP contribution < -0.4 is 0 Å². The fourth-order valence-electron chi connectivity index (χ4n) is 1.12. The van der Waals surface area contributed by atoms with Crippen molar-refractivity contribution in [2.75, 3.05) is 0 Å². The van der Waals surface area contributed by atoms with Gasteiger partial charge in [0.25, 0.3) is 0 Å². The standard InChI is InChI=1S/C9H10N4S/c1-13-6-11-9(12-13)7-2-3-8(5-14)10-4-7/h2-4,6,14H,5H2,1H3. The van der Waals surface area contributed by atoms with Crippen molar-refractivity contribution in [1.29, 1.82) is 0 Å². The highest BCUT2D eigenvalue weighted by Gasteiger charge is 2.02. The van der Waals surface area contributed by atoms with Gasteiger partial charge < -0.3 is 0 Å². The minimum absolute atomic E-state index is 0.649. The highest BCUT2D eigenvalue weighted by atomic mass is 32.1. The first-order chi connectivity index (χ1) is 6.79. The SMILES string of the molecule is Cn1cnc(-c2ccc(CS)nc2)n1. The number of thiol groups is 1. The van der Waals surface area contributed by atoms with Gasteiger partial charge in [-0.15, -0.1) is 0 Å². The van der Waals surface area contributed by atoms with Gasteiger partial charge in [0.05, 0.1) is 0 Å². The lowest BCUT2D eigenvalue weighted by Crippen LogP contribution is -1.90. The van der Waals surface area contributed by atoms with Crippen LogP contribution >= 0.6 is 12.6 Å². The molecule has 14 heavy (non-hydrogen) atoms. The molecule has 2 rings (SSSR count). The molecule has 0 atom stereocenters. The molecule has 72 valence electrons. The zero-order valence-corrected chi connectivity index (χ0v) is 8.65. The lowest BCUT2D eigenvalue weighted by Gasteiger charge is -1.96. The molecule has 5 heteroatoms. The quantitative estimate of drug-likeness (QED) is 0.753. The zero-order chi connectivity index (χ0) is 9.97. The van der Waals surface area contributed by atoms with E-state index in [1.54, 1.807) is 17.2 Å². The van der Waals surface area contributed by atoms with Crippen molar-refractivity contribution in [3.8, 4) is 11.4 Å². The summed E-state index contributed by atoms with van der Waals surface area (Å²) in [6, 6.07) is 3.88. The highest BCUT2D eigenvalue weighted by Crippen LogP contribution is 2.13. The van der Waals surface area contributed by atoms with Gasteiger partial charge in [0.2, 0.25) is 0 Å². The molecule has 2 aromatic rings. The Balaban J connectivity index is 2.33. The lowest BCUT2D eigenvalue weighted by atomic mass is 10.2. The number of hydrogen-bond acceptors (Lipinski definition) is 4. The number of aryl methyl sites for hydroxylation is 1. The normalized spacial score (nSPS) is 10.4. The third kappa shape index (κ3) is 1.77. The van der Waals surface area contributed by atoms with E-state index in [2.05, 4.69) is 27.7 Å². The molecule has 0 saturated carbocycles. The van der Waals surface area contributed by atoms with Gasteiger partial charge in [-0.2, -0.15) is 17.7 Å². The van der Waals surface area contributed by atoms with Gasteiger partial charge in [-0.1, -0.05) is 0 Å². The molecule has 0 saturated heterocycles. The Morgan fingerprint density at radius 2 is 2.21 bits per heavy atom.